The molecule has 2 unspecified atom stereocenters. The number of hydrogen-bond acceptors (Lipinski definition) is 4. The molecule has 0 N–H and O–H groups in total. The van der Waals surface area contributed by atoms with Crippen molar-refractivity contribution in [2.75, 3.05) is 5.75 Å². The van der Waals surface area contributed by atoms with Crippen molar-refractivity contribution in [1.29, 1.82) is 0 Å². The second-order valence-corrected chi connectivity index (χ2v) is 3.61. The number of thiol groups is 2. The molecule has 11 heavy (non-hydrogen) atoms. The molecule has 0 aliphatic rings. The number of carbonyl (C=O) groups is 1. The average Bonchev–Trinajstić information content (AvgIpc) is 2.02. The molecule has 0 rings (SSSR count). The molecule has 0 aromatic rings. The summed E-state index contributed by atoms with van der Waals surface area (Å²) in [6, 6.07) is 0. The maximum Gasteiger partial charge on any atom is 0.343 e. The number of hydrogen-bond donors (Lipinski definition) is 2. The highest BCUT2D eigenvalue weighted by Crippen LogP contribution is 2.15. The van der Waals surface area contributed by atoms with E-state index in [1.54, 1.807) is 0 Å². The molecule has 0 amide bonds. The van der Waals surface area contributed by atoms with Crippen LogP contribution in [0.25, 0.3) is 0 Å². The zero-order valence-electron chi connectivity index (χ0n) is 5.54. The molecule has 0 spiro atoms. The van der Waals surface area contributed by atoms with Crippen LogP contribution in [0.3, 0.4) is 0 Å². The van der Waals surface area contributed by atoms with E-state index in [0.29, 0.717) is 12.2 Å². The molecule has 0 bridgehead atoms. The summed E-state index contributed by atoms with van der Waals surface area (Å²) < 4.78 is 3.91. The maximum atomic E-state index is 10.7. The van der Waals surface area contributed by atoms with Crippen molar-refractivity contribution in [3.05, 3.63) is 0 Å². The topological polar surface area (TPSA) is 26.3 Å². The normalized spacial score (nSPS) is 15.6. The maximum absolute atomic E-state index is 10.7. The predicted octanol–water partition coefficient (Wildman–Crippen LogP) is 1.91. The fourth-order valence-electron chi connectivity index (χ4n) is 0.478. The van der Waals surface area contributed by atoms with E-state index in [9.17, 15) is 4.79 Å². The van der Waals surface area contributed by atoms with Crippen molar-refractivity contribution < 1.29 is 9.08 Å². The van der Waals surface area contributed by atoms with Gasteiger partial charge in [0.1, 0.15) is 17.2 Å². The van der Waals surface area contributed by atoms with Gasteiger partial charge in [-0.25, -0.2) is 4.79 Å². The molecular weight excluding hydrogens is 227 g/mol. The van der Waals surface area contributed by atoms with Crippen LogP contribution in [-0.2, 0) is 9.08 Å². The van der Waals surface area contributed by atoms with Crippen molar-refractivity contribution >= 4 is 54.7 Å². The van der Waals surface area contributed by atoms with E-state index in [2.05, 4.69) is 29.5 Å². The van der Waals surface area contributed by atoms with E-state index < -0.39 is 11.3 Å². The van der Waals surface area contributed by atoms with Gasteiger partial charge in [0.2, 0.25) is 0 Å². The highest BCUT2D eigenvalue weighted by Gasteiger charge is 2.24. The number of halogens is 2. The molecule has 0 heterocycles. The predicted molar refractivity (Wildman–Crippen MR) is 52.8 cm³/mol. The van der Waals surface area contributed by atoms with E-state index in [4.69, 9.17) is 23.5 Å². The van der Waals surface area contributed by atoms with Gasteiger partial charge in [0.25, 0.3) is 0 Å². The number of rotatable bonds is 4. The zero-order valence-corrected chi connectivity index (χ0v) is 8.84. The van der Waals surface area contributed by atoms with Gasteiger partial charge in [-0.05, 0) is 12.2 Å². The van der Waals surface area contributed by atoms with E-state index in [1.807, 2.05) is 0 Å². The molecule has 66 valence electrons. The molecule has 0 aromatic carbocycles. The lowest BCUT2D eigenvalue weighted by molar-refractivity contribution is -0.133. The molecule has 0 radical (unpaired) electrons. The van der Waals surface area contributed by atoms with E-state index in [0.717, 1.165) is 0 Å². The Morgan fingerprint density at radius 2 is 2.18 bits per heavy atom. The Balaban J connectivity index is 3.80. The van der Waals surface area contributed by atoms with Gasteiger partial charge < -0.3 is 4.29 Å². The number of alkyl halides is 1. The van der Waals surface area contributed by atoms with Crippen molar-refractivity contribution in [1.82, 2.24) is 0 Å². The van der Waals surface area contributed by atoms with Gasteiger partial charge in [0, 0.05) is 5.25 Å². The fraction of sp³-hybridized carbons (Fsp3) is 0.800. The Morgan fingerprint density at radius 1 is 1.64 bits per heavy atom. The van der Waals surface area contributed by atoms with E-state index in [-0.39, 0.29) is 5.25 Å². The van der Waals surface area contributed by atoms with Gasteiger partial charge in [-0.15, -0.1) is 11.6 Å². The first kappa shape index (κ1) is 11.8. The van der Waals surface area contributed by atoms with Gasteiger partial charge >= 0.3 is 5.97 Å². The Bertz CT molecular complexity index is 134. The summed E-state index contributed by atoms with van der Waals surface area (Å²) in [6.45, 7) is 0. The van der Waals surface area contributed by atoms with Crippen LogP contribution in [0.1, 0.15) is 6.42 Å². The SMILES string of the molecule is O=C(OCl)C(Cl)C(S)CCS. The molecule has 0 aromatic heterocycles. The third-order valence-corrected chi connectivity index (χ3v) is 2.69. The average molecular weight is 235 g/mol. The van der Waals surface area contributed by atoms with Crippen LogP contribution in [0, 0.1) is 0 Å². The third kappa shape index (κ3) is 4.35. The van der Waals surface area contributed by atoms with Crippen LogP contribution in [0.2, 0.25) is 0 Å². The van der Waals surface area contributed by atoms with Gasteiger partial charge in [0.05, 0.1) is 0 Å². The fourth-order valence-corrected chi connectivity index (χ4v) is 1.52. The first-order chi connectivity index (χ1) is 5.13. The molecule has 0 saturated carbocycles. The molecule has 0 saturated heterocycles. The quantitative estimate of drug-likeness (QED) is 0.575. The second kappa shape index (κ2) is 6.29. The highest BCUT2D eigenvalue weighted by molar-refractivity contribution is 7.81. The Hall–Kier alpha value is 0.750. The lowest BCUT2D eigenvalue weighted by Gasteiger charge is -2.11. The highest BCUT2D eigenvalue weighted by atomic mass is 35.5. The van der Waals surface area contributed by atoms with Gasteiger partial charge in [0.15, 0.2) is 0 Å². The summed E-state index contributed by atoms with van der Waals surface area (Å²) in [7, 11) is 0. The minimum absolute atomic E-state index is 0.264. The van der Waals surface area contributed by atoms with Crippen LogP contribution in [-0.4, -0.2) is 22.3 Å². The molecule has 2 atom stereocenters. The molecule has 6 heteroatoms. The lowest BCUT2D eigenvalue weighted by atomic mass is 10.2. The van der Waals surface area contributed by atoms with E-state index >= 15 is 0 Å². The second-order valence-electron chi connectivity index (χ2n) is 1.88. The summed E-state index contributed by atoms with van der Waals surface area (Å²) in [5, 5.41) is -1.07. The monoisotopic (exact) mass is 234 g/mol. The number of carbonyl (C=O) groups excluding carboxylic acids is 1. The van der Waals surface area contributed by atoms with Crippen LogP contribution in [0.4, 0.5) is 0 Å². The van der Waals surface area contributed by atoms with Crippen LogP contribution in [0.5, 0.6) is 0 Å². The summed E-state index contributed by atoms with van der Waals surface area (Å²) in [6.07, 6.45) is 0.631. The molecular formula is C5H8Cl2O2S2. The Labute approximate surface area is 86.6 Å². The van der Waals surface area contributed by atoms with Gasteiger partial charge in [-0.2, -0.15) is 25.3 Å². The van der Waals surface area contributed by atoms with Crippen molar-refractivity contribution in [2.45, 2.75) is 17.0 Å². The third-order valence-electron chi connectivity index (χ3n) is 1.06. The van der Waals surface area contributed by atoms with Crippen LogP contribution in [0.15, 0.2) is 0 Å². The van der Waals surface area contributed by atoms with Gasteiger partial charge in [-0.1, -0.05) is 0 Å². The van der Waals surface area contributed by atoms with Crippen molar-refractivity contribution in [2.24, 2.45) is 0 Å². The Kier molecular flexibility index (Phi) is 6.71. The van der Waals surface area contributed by atoms with Crippen molar-refractivity contribution in [3.8, 4) is 0 Å². The Morgan fingerprint density at radius 3 is 2.55 bits per heavy atom. The summed E-state index contributed by atoms with van der Waals surface area (Å²) in [5.41, 5.74) is 0. The minimum Gasteiger partial charge on any atom is -0.346 e. The largest absolute Gasteiger partial charge is 0.346 e. The smallest absolute Gasteiger partial charge is 0.343 e. The zero-order chi connectivity index (χ0) is 8.85. The first-order valence-electron chi connectivity index (χ1n) is 2.89. The van der Waals surface area contributed by atoms with Gasteiger partial charge in [-0.3, -0.25) is 0 Å². The molecule has 0 aliphatic carbocycles. The van der Waals surface area contributed by atoms with E-state index in [1.165, 1.54) is 0 Å². The standard InChI is InChI=1S/C5H8Cl2O2S2/c6-4(5(8)9-7)3(11)1-2-10/h3-4,10-11H,1-2H2. The summed E-state index contributed by atoms with van der Waals surface area (Å²) >= 11 is 18.4. The molecule has 0 fully saturated rings. The van der Waals surface area contributed by atoms with Crippen LogP contribution < -0.4 is 0 Å². The summed E-state index contributed by atoms with van der Waals surface area (Å²) in [5.74, 6) is -0.0532. The van der Waals surface area contributed by atoms with Crippen molar-refractivity contribution in [3.63, 3.8) is 0 Å². The summed E-state index contributed by atoms with van der Waals surface area (Å²) in [4.78, 5) is 10.7. The van der Waals surface area contributed by atoms with Crippen LogP contribution >= 0.6 is 48.7 Å². The lowest BCUT2D eigenvalue weighted by Crippen LogP contribution is -2.25. The first-order valence-corrected chi connectivity index (χ1v) is 4.78. The molecule has 0 aliphatic heterocycles. The molecule has 2 nitrogen and oxygen atoms in total. The minimum atomic E-state index is -0.803.